The van der Waals surface area contributed by atoms with E-state index in [1.165, 1.54) is 0 Å². The average molecular weight is 286 g/mol. The third-order valence-corrected chi connectivity index (χ3v) is 3.58. The Kier molecular flexibility index (Phi) is 4.82. The van der Waals surface area contributed by atoms with Crippen LogP contribution in [-0.2, 0) is 4.74 Å². The van der Waals surface area contributed by atoms with E-state index >= 15 is 0 Å². The fourth-order valence-corrected chi connectivity index (χ4v) is 2.33. The second-order valence-electron chi connectivity index (χ2n) is 5.04. The van der Waals surface area contributed by atoms with Crippen LogP contribution in [0.2, 0.25) is 0 Å². The van der Waals surface area contributed by atoms with Crippen molar-refractivity contribution in [2.24, 2.45) is 0 Å². The Labute approximate surface area is 118 Å². The quantitative estimate of drug-likeness (QED) is 0.842. The van der Waals surface area contributed by atoms with Crippen molar-refractivity contribution in [3.8, 4) is 5.88 Å². The Morgan fingerprint density at radius 2 is 2.21 bits per heavy atom. The summed E-state index contributed by atoms with van der Waals surface area (Å²) in [7, 11) is 0. The Bertz CT molecular complexity index is 409. The molecule has 19 heavy (non-hydrogen) atoms. The highest BCUT2D eigenvalue weighted by molar-refractivity contribution is 6.18. The molecule has 0 radical (unpaired) electrons. The molecular formula is C13H20ClN3O2. The minimum atomic E-state index is -0.184. The molecule has 0 unspecified atom stereocenters. The van der Waals surface area contributed by atoms with E-state index in [0.717, 1.165) is 12.8 Å². The second-order valence-corrected chi connectivity index (χ2v) is 5.30. The van der Waals surface area contributed by atoms with Crippen LogP contribution in [0.5, 0.6) is 5.88 Å². The molecule has 1 aromatic heterocycles. The highest BCUT2D eigenvalue weighted by Crippen LogP contribution is 2.26. The van der Waals surface area contributed by atoms with Gasteiger partial charge < -0.3 is 14.8 Å². The number of anilines is 1. The van der Waals surface area contributed by atoms with Crippen molar-refractivity contribution in [3.05, 3.63) is 12.3 Å². The lowest BCUT2D eigenvalue weighted by atomic mass is 9.92. The summed E-state index contributed by atoms with van der Waals surface area (Å²) in [4.78, 5) is 8.59. The van der Waals surface area contributed by atoms with E-state index in [1.807, 2.05) is 13.8 Å². The Morgan fingerprint density at radius 1 is 1.47 bits per heavy atom. The first-order valence-electron chi connectivity index (χ1n) is 6.55. The van der Waals surface area contributed by atoms with Crippen LogP contribution >= 0.6 is 11.6 Å². The van der Waals surface area contributed by atoms with Crippen LogP contribution < -0.4 is 10.1 Å². The third-order valence-electron chi connectivity index (χ3n) is 3.07. The SMILES string of the molecule is CC(C)Oc1ccnc(NC2(CCl)CCOCC2)n1. The van der Waals surface area contributed by atoms with E-state index in [1.54, 1.807) is 12.3 Å². The van der Waals surface area contributed by atoms with Crippen LogP contribution in [0.25, 0.3) is 0 Å². The van der Waals surface area contributed by atoms with Crippen molar-refractivity contribution in [3.63, 3.8) is 0 Å². The molecule has 1 saturated heterocycles. The number of hydrogen-bond donors (Lipinski definition) is 1. The molecule has 0 atom stereocenters. The fourth-order valence-electron chi connectivity index (χ4n) is 2.00. The Morgan fingerprint density at radius 3 is 2.84 bits per heavy atom. The lowest BCUT2D eigenvalue weighted by molar-refractivity contribution is 0.0665. The summed E-state index contributed by atoms with van der Waals surface area (Å²) in [6.45, 7) is 5.35. The average Bonchev–Trinajstić information content (AvgIpc) is 2.39. The highest BCUT2D eigenvalue weighted by atomic mass is 35.5. The number of ether oxygens (including phenoxy) is 2. The van der Waals surface area contributed by atoms with E-state index in [9.17, 15) is 0 Å². The molecule has 0 spiro atoms. The Hall–Kier alpha value is -1.07. The topological polar surface area (TPSA) is 56.3 Å². The summed E-state index contributed by atoms with van der Waals surface area (Å²) < 4.78 is 10.9. The van der Waals surface area contributed by atoms with Crippen LogP contribution in [0.3, 0.4) is 0 Å². The smallest absolute Gasteiger partial charge is 0.226 e. The number of halogens is 1. The lowest BCUT2D eigenvalue weighted by Crippen LogP contribution is -2.45. The molecule has 0 aliphatic carbocycles. The summed E-state index contributed by atoms with van der Waals surface area (Å²) in [6, 6.07) is 1.75. The molecule has 1 aliphatic rings. The molecule has 106 valence electrons. The summed E-state index contributed by atoms with van der Waals surface area (Å²) in [5.74, 6) is 1.64. The van der Waals surface area contributed by atoms with Gasteiger partial charge >= 0.3 is 0 Å². The van der Waals surface area contributed by atoms with Crippen LogP contribution in [0.4, 0.5) is 5.95 Å². The van der Waals surface area contributed by atoms with E-state index in [0.29, 0.717) is 30.9 Å². The molecule has 1 aromatic rings. The van der Waals surface area contributed by atoms with Gasteiger partial charge in [-0.1, -0.05) is 0 Å². The molecule has 0 amide bonds. The van der Waals surface area contributed by atoms with Crippen LogP contribution in [0, 0.1) is 0 Å². The maximum atomic E-state index is 6.11. The molecule has 1 aliphatic heterocycles. The zero-order chi connectivity index (χ0) is 13.7. The van der Waals surface area contributed by atoms with E-state index < -0.39 is 0 Å². The molecule has 2 rings (SSSR count). The van der Waals surface area contributed by atoms with E-state index in [2.05, 4.69) is 15.3 Å². The largest absolute Gasteiger partial charge is 0.475 e. The van der Waals surface area contributed by atoms with Crippen molar-refractivity contribution in [1.29, 1.82) is 0 Å². The Balaban J connectivity index is 2.08. The van der Waals surface area contributed by atoms with Crippen LogP contribution in [0.1, 0.15) is 26.7 Å². The molecule has 2 heterocycles. The van der Waals surface area contributed by atoms with Crippen molar-refractivity contribution >= 4 is 17.5 Å². The van der Waals surface area contributed by atoms with Crippen molar-refractivity contribution in [1.82, 2.24) is 9.97 Å². The predicted molar refractivity (Wildman–Crippen MR) is 74.9 cm³/mol. The number of nitrogens with zero attached hydrogens (tertiary/aromatic N) is 2. The summed E-state index contributed by atoms with van der Waals surface area (Å²) in [5.41, 5.74) is -0.184. The molecule has 0 saturated carbocycles. The molecule has 1 fully saturated rings. The number of hydrogen-bond acceptors (Lipinski definition) is 5. The molecule has 5 nitrogen and oxygen atoms in total. The van der Waals surface area contributed by atoms with Gasteiger partial charge in [0.15, 0.2) is 0 Å². The van der Waals surface area contributed by atoms with Crippen molar-refractivity contribution in [2.45, 2.75) is 38.3 Å². The number of aromatic nitrogens is 2. The zero-order valence-corrected chi connectivity index (χ0v) is 12.1. The first-order chi connectivity index (χ1) is 9.13. The minimum absolute atomic E-state index is 0.0906. The van der Waals surface area contributed by atoms with Gasteiger partial charge in [-0.05, 0) is 26.7 Å². The normalized spacial score (nSPS) is 18.3. The van der Waals surface area contributed by atoms with Gasteiger partial charge in [-0.2, -0.15) is 4.98 Å². The van der Waals surface area contributed by atoms with Crippen LogP contribution in [0.15, 0.2) is 12.3 Å². The van der Waals surface area contributed by atoms with Gasteiger partial charge in [0.05, 0.1) is 11.6 Å². The minimum Gasteiger partial charge on any atom is -0.475 e. The third kappa shape index (κ3) is 3.94. The monoisotopic (exact) mass is 285 g/mol. The van der Waals surface area contributed by atoms with Crippen molar-refractivity contribution in [2.75, 3.05) is 24.4 Å². The van der Waals surface area contributed by atoms with Gasteiger partial charge in [-0.25, -0.2) is 4.98 Å². The molecule has 0 bridgehead atoms. The molecule has 0 aromatic carbocycles. The first-order valence-corrected chi connectivity index (χ1v) is 7.09. The van der Waals surface area contributed by atoms with Gasteiger partial charge in [0.1, 0.15) is 0 Å². The van der Waals surface area contributed by atoms with Gasteiger partial charge in [-0.15, -0.1) is 11.6 Å². The maximum Gasteiger partial charge on any atom is 0.226 e. The predicted octanol–water partition coefficient (Wildman–Crippen LogP) is 2.46. The number of nitrogens with one attached hydrogen (secondary N) is 1. The van der Waals surface area contributed by atoms with Gasteiger partial charge in [-0.3, -0.25) is 0 Å². The maximum absolute atomic E-state index is 6.11. The molecule has 6 heteroatoms. The van der Waals surface area contributed by atoms with E-state index in [-0.39, 0.29) is 11.6 Å². The van der Waals surface area contributed by atoms with Gasteiger partial charge in [0, 0.05) is 31.4 Å². The second kappa shape index (κ2) is 6.39. The lowest BCUT2D eigenvalue weighted by Gasteiger charge is -2.36. The van der Waals surface area contributed by atoms with Gasteiger partial charge in [0.25, 0.3) is 0 Å². The highest BCUT2D eigenvalue weighted by Gasteiger charge is 2.32. The number of rotatable bonds is 5. The first kappa shape index (κ1) is 14.3. The summed E-state index contributed by atoms with van der Waals surface area (Å²) in [6.07, 6.45) is 3.49. The van der Waals surface area contributed by atoms with Crippen LogP contribution in [-0.4, -0.2) is 40.7 Å². The van der Waals surface area contributed by atoms with Gasteiger partial charge in [0.2, 0.25) is 11.8 Å². The fraction of sp³-hybridized carbons (Fsp3) is 0.692. The molecular weight excluding hydrogens is 266 g/mol. The number of alkyl halides is 1. The summed E-state index contributed by atoms with van der Waals surface area (Å²) >= 11 is 6.11. The van der Waals surface area contributed by atoms with E-state index in [4.69, 9.17) is 21.1 Å². The summed E-state index contributed by atoms with van der Waals surface area (Å²) in [5, 5.41) is 3.34. The van der Waals surface area contributed by atoms with Crippen molar-refractivity contribution < 1.29 is 9.47 Å². The molecule has 1 N–H and O–H groups in total. The zero-order valence-electron chi connectivity index (χ0n) is 11.4. The standard InChI is InChI=1S/C13H20ClN3O2/c1-10(2)19-11-3-6-15-12(16-11)17-13(9-14)4-7-18-8-5-13/h3,6,10H,4-5,7-9H2,1-2H3,(H,15,16,17).